The minimum atomic E-state index is 0. The van der Waals surface area contributed by atoms with Crippen LogP contribution in [-0.4, -0.2) is 6.04 Å². The molecule has 1 atom stereocenters. The van der Waals surface area contributed by atoms with Crippen molar-refractivity contribution in [2.75, 3.05) is 0 Å². The van der Waals surface area contributed by atoms with E-state index in [1.54, 1.807) is 11.3 Å². The Labute approximate surface area is 82.0 Å². The third-order valence-electron chi connectivity index (χ3n) is 1.18. The Kier molecular flexibility index (Phi) is 5.10. The van der Waals surface area contributed by atoms with E-state index in [4.69, 9.17) is 11.6 Å². The first kappa shape index (κ1) is 11.2. The van der Waals surface area contributed by atoms with Gasteiger partial charge in [-0.3, -0.25) is 0 Å². The summed E-state index contributed by atoms with van der Waals surface area (Å²) < 4.78 is 0.871. The molecule has 64 valence electrons. The minimum absolute atomic E-state index is 0. The van der Waals surface area contributed by atoms with Gasteiger partial charge in [0.25, 0.3) is 0 Å². The molecule has 1 rings (SSSR count). The van der Waals surface area contributed by atoms with Crippen molar-refractivity contribution < 1.29 is 18.1 Å². The van der Waals surface area contributed by atoms with Gasteiger partial charge in [0.15, 0.2) is 0 Å². The van der Waals surface area contributed by atoms with Crippen molar-refractivity contribution in [2.45, 2.75) is 19.4 Å². The van der Waals surface area contributed by atoms with Gasteiger partial charge in [0.05, 0.1) is 10.4 Å². The third kappa shape index (κ3) is 3.97. The van der Waals surface area contributed by atoms with Crippen LogP contribution in [-0.2, 0) is 6.42 Å². The highest BCUT2D eigenvalue weighted by Crippen LogP contribution is 2.21. The van der Waals surface area contributed by atoms with Crippen molar-refractivity contribution >= 4 is 22.9 Å². The van der Waals surface area contributed by atoms with Gasteiger partial charge in [-0.15, -0.1) is 11.3 Å². The van der Waals surface area contributed by atoms with E-state index < -0.39 is 0 Å². The van der Waals surface area contributed by atoms with Crippen molar-refractivity contribution in [1.82, 2.24) is 0 Å². The first-order valence-electron chi connectivity index (χ1n) is 3.26. The number of hydrogen-bond donors (Lipinski definition) is 1. The molecule has 0 amide bonds. The van der Waals surface area contributed by atoms with Gasteiger partial charge in [0.1, 0.15) is 0 Å². The largest absolute Gasteiger partial charge is 1.00 e. The lowest BCUT2D eigenvalue weighted by Crippen LogP contribution is -3.00. The first-order chi connectivity index (χ1) is 4.68. The predicted octanol–water partition coefficient (Wildman–Crippen LogP) is -1.42. The topological polar surface area (TPSA) is 27.6 Å². The quantitative estimate of drug-likeness (QED) is 0.623. The number of thiophene rings is 1. The summed E-state index contributed by atoms with van der Waals surface area (Å²) in [5.41, 5.74) is 3.91. The van der Waals surface area contributed by atoms with E-state index >= 15 is 0 Å². The van der Waals surface area contributed by atoms with Gasteiger partial charge in [-0.2, -0.15) is 0 Å². The van der Waals surface area contributed by atoms with Crippen LogP contribution in [0.4, 0.5) is 0 Å². The van der Waals surface area contributed by atoms with Crippen molar-refractivity contribution in [3.8, 4) is 0 Å². The van der Waals surface area contributed by atoms with Crippen LogP contribution in [0.25, 0.3) is 0 Å². The Bertz CT molecular complexity index is 210. The highest BCUT2D eigenvalue weighted by atomic mass is 35.5. The van der Waals surface area contributed by atoms with E-state index in [2.05, 4.69) is 18.7 Å². The zero-order chi connectivity index (χ0) is 7.56. The summed E-state index contributed by atoms with van der Waals surface area (Å²) in [6.07, 6.45) is 1.04. The van der Waals surface area contributed by atoms with Crippen LogP contribution < -0.4 is 18.1 Å². The number of hydrogen-bond acceptors (Lipinski definition) is 1. The van der Waals surface area contributed by atoms with Gasteiger partial charge in [-0.1, -0.05) is 11.6 Å². The van der Waals surface area contributed by atoms with Crippen LogP contribution in [0.2, 0.25) is 4.34 Å². The second-order valence-corrected chi connectivity index (χ2v) is 4.31. The van der Waals surface area contributed by atoms with Crippen molar-refractivity contribution in [1.29, 1.82) is 0 Å². The number of halogens is 2. The average molecular weight is 212 g/mol. The molecule has 4 heteroatoms. The highest BCUT2D eigenvalue weighted by Gasteiger charge is 2.02. The Morgan fingerprint density at radius 3 is 2.64 bits per heavy atom. The van der Waals surface area contributed by atoms with Crippen LogP contribution >= 0.6 is 22.9 Å². The smallest absolute Gasteiger partial charge is 0.0931 e. The maximum atomic E-state index is 5.74. The van der Waals surface area contributed by atoms with E-state index in [1.807, 2.05) is 6.07 Å². The van der Waals surface area contributed by atoms with Crippen LogP contribution in [0.3, 0.4) is 0 Å². The number of rotatable bonds is 2. The fourth-order valence-electron chi connectivity index (χ4n) is 0.805. The molecule has 1 unspecified atom stereocenters. The fraction of sp³-hybridized carbons (Fsp3) is 0.429. The summed E-state index contributed by atoms with van der Waals surface area (Å²) in [6.45, 7) is 2.10. The molecular weight excluding hydrogens is 201 g/mol. The summed E-state index contributed by atoms with van der Waals surface area (Å²) in [6, 6.07) is 4.48. The molecule has 0 fully saturated rings. The molecule has 1 aromatic heterocycles. The van der Waals surface area contributed by atoms with Gasteiger partial charge in [-0.25, -0.2) is 0 Å². The molecule has 0 spiro atoms. The summed E-state index contributed by atoms with van der Waals surface area (Å²) in [5, 5.41) is 0. The predicted molar refractivity (Wildman–Crippen MR) is 45.4 cm³/mol. The molecule has 0 aliphatic carbocycles. The average Bonchev–Trinajstić information content (AvgIpc) is 2.13. The van der Waals surface area contributed by atoms with Gasteiger partial charge >= 0.3 is 0 Å². The van der Waals surface area contributed by atoms with E-state index in [0.717, 1.165) is 10.8 Å². The monoisotopic (exact) mass is 211 g/mol. The fourth-order valence-corrected chi connectivity index (χ4v) is 2.06. The number of quaternary nitrogens is 1. The van der Waals surface area contributed by atoms with E-state index in [0.29, 0.717) is 6.04 Å². The van der Waals surface area contributed by atoms with Crippen molar-refractivity contribution in [3.63, 3.8) is 0 Å². The summed E-state index contributed by atoms with van der Waals surface area (Å²) in [4.78, 5) is 1.33. The molecule has 1 aromatic rings. The Morgan fingerprint density at radius 2 is 2.27 bits per heavy atom. The van der Waals surface area contributed by atoms with Gasteiger partial charge in [-0.05, 0) is 19.1 Å². The maximum absolute atomic E-state index is 5.74. The summed E-state index contributed by atoms with van der Waals surface area (Å²) in [5.74, 6) is 0. The normalized spacial score (nSPS) is 12.3. The maximum Gasteiger partial charge on any atom is 0.0931 e. The molecule has 1 heterocycles. The second kappa shape index (κ2) is 4.99. The first-order valence-corrected chi connectivity index (χ1v) is 4.45. The molecule has 11 heavy (non-hydrogen) atoms. The highest BCUT2D eigenvalue weighted by molar-refractivity contribution is 7.16. The standard InChI is InChI=1S/C7H10ClNS.ClH/c1-5(9)4-6-2-3-7(8)10-6;/h2-3,5H,4,9H2,1H3;1H. The molecule has 0 saturated carbocycles. The summed E-state index contributed by atoms with van der Waals surface area (Å²) in [7, 11) is 0. The van der Waals surface area contributed by atoms with Gasteiger partial charge < -0.3 is 18.1 Å². The zero-order valence-corrected chi connectivity index (χ0v) is 8.64. The van der Waals surface area contributed by atoms with E-state index in [1.165, 1.54) is 4.88 Å². The van der Waals surface area contributed by atoms with Crippen LogP contribution in [0.1, 0.15) is 11.8 Å². The molecule has 0 saturated heterocycles. The van der Waals surface area contributed by atoms with E-state index in [-0.39, 0.29) is 12.4 Å². The third-order valence-corrected chi connectivity index (χ3v) is 2.43. The van der Waals surface area contributed by atoms with E-state index in [9.17, 15) is 0 Å². The van der Waals surface area contributed by atoms with Crippen molar-refractivity contribution in [2.24, 2.45) is 0 Å². The van der Waals surface area contributed by atoms with Gasteiger partial charge in [0.2, 0.25) is 0 Å². The molecule has 0 bridgehead atoms. The molecular formula is C7H11Cl2NS. The molecule has 0 aliphatic rings. The summed E-state index contributed by atoms with van der Waals surface area (Å²) >= 11 is 7.38. The van der Waals surface area contributed by atoms with Crippen LogP contribution in [0.15, 0.2) is 12.1 Å². The van der Waals surface area contributed by atoms with Crippen LogP contribution in [0.5, 0.6) is 0 Å². The molecule has 3 N–H and O–H groups in total. The Morgan fingerprint density at radius 1 is 1.64 bits per heavy atom. The molecule has 0 aromatic carbocycles. The minimum Gasteiger partial charge on any atom is -1.00 e. The SMILES string of the molecule is CC([NH3+])Cc1ccc(Cl)s1.[Cl-]. The molecule has 1 nitrogen and oxygen atoms in total. The van der Waals surface area contributed by atoms with Crippen LogP contribution in [0, 0.1) is 0 Å². The molecule has 0 radical (unpaired) electrons. The lowest BCUT2D eigenvalue weighted by atomic mass is 10.2. The Hall–Kier alpha value is 0.240. The van der Waals surface area contributed by atoms with Gasteiger partial charge in [0, 0.05) is 11.3 Å². The zero-order valence-electron chi connectivity index (χ0n) is 6.31. The lowest BCUT2D eigenvalue weighted by molar-refractivity contribution is -0.413. The lowest BCUT2D eigenvalue weighted by Gasteiger charge is -1.96. The Balaban J connectivity index is 0.000001000. The molecule has 0 aliphatic heterocycles. The second-order valence-electron chi connectivity index (χ2n) is 2.52. The van der Waals surface area contributed by atoms with Crippen molar-refractivity contribution in [3.05, 3.63) is 21.3 Å².